The first kappa shape index (κ1) is 13.6. The van der Waals surface area contributed by atoms with Crippen molar-refractivity contribution in [2.75, 3.05) is 14.2 Å². The molecule has 4 heteroatoms. The van der Waals surface area contributed by atoms with E-state index in [9.17, 15) is 0 Å². The van der Waals surface area contributed by atoms with Gasteiger partial charge in [0.25, 0.3) is 0 Å². The van der Waals surface area contributed by atoms with Crippen LogP contribution in [0.1, 0.15) is 17.2 Å². The molecule has 18 heavy (non-hydrogen) atoms. The van der Waals surface area contributed by atoms with Gasteiger partial charge in [-0.05, 0) is 69.5 Å². The molecule has 0 amide bonds. The van der Waals surface area contributed by atoms with Crippen LogP contribution in [0.4, 0.5) is 0 Å². The first-order chi connectivity index (χ1) is 8.74. The summed E-state index contributed by atoms with van der Waals surface area (Å²) in [5.74, 6) is 0.865. The summed E-state index contributed by atoms with van der Waals surface area (Å²) in [6.45, 7) is 0. The summed E-state index contributed by atoms with van der Waals surface area (Å²) in [7, 11) is 3.68. The molecule has 0 spiro atoms. The number of nitrogens with one attached hydrogen (secondary N) is 1. The third-order valence-electron chi connectivity index (χ3n) is 2.95. The van der Waals surface area contributed by atoms with Crippen LogP contribution < -0.4 is 10.1 Å². The lowest BCUT2D eigenvalue weighted by molar-refractivity contribution is 0.411. The van der Waals surface area contributed by atoms with Crippen LogP contribution >= 0.6 is 27.3 Å². The molecule has 0 bridgehead atoms. The summed E-state index contributed by atoms with van der Waals surface area (Å²) in [5, 5.41) is 7.68. The molecule has 1 aromatic carbocycles. The maximum atomic E-state index is 5.25. The van der Waals surface area contributed by atoms with Crippen molar-refractivity contribution in [1.29, 1.82) is 0 Å². The number of methoxy groups -OCH3 is 1. The van der Waals surface area contributed by atoms with Gasteiger partial charge in [0.1, 0.15) is 5.75 Å². The van der Waals surface area contributed by atoms with Crippen molar-refractivity contribution in [2.24, 2.45) is 0 Å². The summed E-state index contributed by atoms with van der Waals surface area (Å²) in [6, 6.07) is 8.72. The first-order valence-electron chi connectivity index (χ1n) is 5.76. The second kappa shape index (κ2) is 6.36. The topological polar surface area (TPSA) is 21.3 Å². The average Bonchev–Trinajstić information content (AvgIpc) is 2.88. The minimum atomic E-state index is 0.321. The lowest BCUT2D eigenvalue weighted by Crippen LogP contribution is -2.18. The normalized spacial score (nSPS) is 12.4. The first-order valence-corrected chi connectivity index (χ1v) is 7.50. The maximum absolute atomic E-state index is 5.25. The van der Waals surface area contributed by atoms with Crippen molar-refractivity contribution in [3.05, 3.63) is 50.6 Å². The molecule has 0 fully saturated rings. The summed E-state index contributed by atoms with van der Waals surface area (Å²) in [5.41, 5.74) is 2.63. The predicted molar refractivity (Wildman–Crippen MR) is 80.5 cm³/mol. The van der Waals surface area contributed by atoms with E-state index in [1.807, 2.05) is 13.1 Å². The quantitative estimate of drug-likeness (QED) is 0.896. The second-order valence-corrected chi connectivity index (χ2v) is 5.71. The van der Waals surface area contributed by atoms with Gasteiger partial charge in [0, 0.05) is 6.04 Å². The van der Waals surface area contributed by atoms with Crippen LogP contribution in [0, 0.1) is 0 Å². The van der Waals surface area contributed by atoms with E-state index in [4.69, 9.17) is 4.74 Å². The molecule has 1 heterocycles. The Morgan fingerprint density at radius 1 is 1.39 bits per heavy atom. The SMILES string of the molecule is CNC(Cc1ccsc1)c1ccc(OC)c(Br)c1. The second-order valence-electron chi connectivity index (χ2n) is 4.07. The van der Waals surface area contributed by atoms with Gasteiger partial charge in [-0.15, -0.1) is 0 Å². The minimum absolute atomic E-state index is 0.321. The number of hydrogen-bond acceptors (Lipinski definition) is 3. The Morgan fingerprint density at radius 3 is 2.78 bits per heavy atom. The van der Waals surface area contributed by atoms with Crippen molar-refractivity contribution in [3.8, 4) is 5.75 Å². The molecule has 0 aliphatic carbocycles. The van der Waals surface area contributed by atoms with Crippen LogP contribution in [-0.2, 0) is 6.42 Å². The van der Waals surface area contributed by atoms with Gasteiger partial charge in [-0.1, -0.05) is 6.07 Å². The van der Waals surface area contributed by atoms with Crippen molar-refractivity contribution in [1.82, 2.24) is 5.32 Å². The van der Waals surface area contributed by atoms with Gasteiger partial charge >= 0.3 is 0 Å². The Balaban J connectivity index is 2.19. The standard InChI is InChI=1S/C14H16BrNOS/c1-16-13(7-10-5-6-18-9-10)11-3-4-14(17-2)12(15)8-11/h3-6,8-9,13,16H,7H2,1-2H3. The molecule has 2 nitrogen and oxygen atoms in total. The van der Waals surface area contributed by atoms with Crippen LogP contribution in [0.3, 0.4) is 0 Å². The Morgan fingerprint density at radius 2 is 2.22 bits per heavy atom. The highest BCUT2D eigenvalue weighted by Crippen LogP contribution is 2.29. The molecule has 1 atom stereocenters. The van der Waals surface area contributed by atoms with Gasteiger partial charge in [-0.3, -0.25) is 0 Å². The van der Waals surface area contributed by atoms with Crippen molar-refractivity contribution in [2.45, 2.75) is 12.5 Å². The summed E-state index contributed by atoms with van der Waals surface area (Å²) < 4.78 is 6.25. The zero-order valence-electron chi connectivity index (χ0n) is 10.4. The Bertz CT molecular complexity index is 499. The van der Waals surface area contributed by atoms with E-state index in [-0.39, 0.29) is 0 Å². The summed E-state index contributed by atoms with van der Waals surface area (Å²) in [6.07, 6.45) is 0.999. The highest BCUT2D eigenvalue weighted by Gasteiger charge is 2.12. The third-order valence-corrected chi connectivity index (χ3v) is 4.30. The van der Waals surface area contributed by atoms with Gasteiger partial charge < -0.3 is 10.1 Å². The van der Waals surface area contributed by atoms with Crippen molar-refractivity contribution < 1.29 is 4.74 Å². The van der Waals surface area contributed by atoms with Gasteiger partial charge in [0.15, 0.2) is 0 Å². The molecule has 0 saturated carbocycles. The van der Waals surface area contributed by atoms with Crippen LogP contribution in [0.15, 0.2) is 39.5 Å². The maximum Gasteiger partial charge on any atom is 0.133 e. The van der Waals surface area contributed by atoms with Gasteiger partial charge in [-0.2, -0.15) is 11.3 Å². The molecule has 0 aliphatic rings. The molecular formula is C14H16BrNOS. The van der Waals surface area contributed by atoms with E-state index < -0.39 is 0 Å². The highest BCUT2D eigenvalue weighted by molar-refractivity contribution is 9.10. The zero-order valence-corrected chi connectivity index (χ0v) is 12.8. The minimum Gasteiger partial charge on any atom is -0.496 e. The molecule has 1 aromatic heterocycles. The molecular weight excluding hydrogens is 310 g/mol. The van der Waals surface area contributed by atoms with Crippen LogP contribution in [0.5, 0.6) is 5.75 Å². The van der Waals surface area contributed by atoms with Crippen molar-refractivity contribution >= 4 is 27.3 Å². The fourth-order valence-corrected chi connectivity index (χ4v) is 3.17. The number of halogens is 1. The lowest BCUT2D eigenvalue weighted by atomic mass is 10.0. The summed E-state index contributed by atoms with van der Waals surface area (Å²) in [4.78, 5) is 0. The lowest BCUT2D eigenvalue weighted by Gasteiger charge is -2.17. The van der Waals surface area contributed by atoms with E-state index in [1.54, 1.807) is 18.4 Å². The molecule has 96 valence electrons. The van der Waals surface area contributed by atoms with E-state index in [0.29, 0.717) is 6.04 Å². The van der Waals surface area contributed by atoms with Crippen LogP contribution in [-0.4, -0.2) is 14.2 Å². The average molecular weight is 326 g/mol. The van der Waals surface area contributed by atoms with E-state index in [2.05, 4.69) is 50.2 Å². The van der Waals surface area contributed by atoms with E-state index in [1.165, 1.54) is 11.1 Å². The fourth-order valence-electron chi connectivity index (χ4n) is 1.93. The number of thiophene rings is 1. The van der Waals surface area contributed by atoms with Gasteiger partial charge in [0.05, 0.1) is 11.6 Å². The smallest absolute Gasteiger partial charge is 0.133 e. The van der Waals surface area contributed by atoms with Crippen LogP contribution in [0.2, 0.25) is 0 Å². The highest BCUT2D eigenvalue weighted by atomic mass is 79.9. The number of ether oxygens (including phenoxy) is 1. The van der Waals surface area contributed by atoms with Crippen molar-refractivity contribution in [3.63, 3.8) is 0 Å². The monoisotopic (exact) mass is 325 g/mol. The van der Waals surface area contributed by atoms with Gasteiger partial charge in [0.2, 0.25) is 0 Å². The molecule has 0 saturated heterocycles. The Hall–Kier alpha value is -0.840. The van der Waals surface area contributed by atoms with E-state index in [0.717, 1.165) is 16.6 Å². The molecule has 0 radical (unpaired) electrons. The number of benzene rings is 1. The van der Waals surface area contributed by atoms with E-state index >= 15 is 0 Å². The molecule has 2 aromatic rings. The summed E-state index contributed by atoms with van der Waals surface area (Å²) >= 11 is 5.27. The molecule has 1 N–H and O–H groups in total. The number of likely N-dealkylation sites (N-methyl/N-ethyl adjacent to an activating group) is 1. The number of rotatable bonds is 5. The molecule has 0 aliphatic heterocycles. The molecule has 2 rings (SSSR count). The van der Waals surface area contributed by atoms with Crippen LogP contribution in [0.25, 0.3) is 0 Å². The Kier molecular flexibility index (Phi) is 4.80. The largest absolute Gasteiger partial charge is 0.496 e. The fraction of sp³-hybridized carbons (Fsp3) is 0.286. The zero-order chi connectivity index (χ0) is 13.0. The number of hydrogen-bond donors (Lipinski definition) is 1. The Labute approximate surface area is 120 Å². The third kappa shape index (κ3) is 3.13. The molecule has 1 unspecified atom stereocenters. The van der Waals surface area contributed by atoms with Gasteiger partial charge in [-0.25, -0.2) is 0 Å². The predicted octanol–water partition coefficient (Wildman–Crippen LogP) is 4.02.